The van der Waals surface area contributed by atoms with Gasteiger partial charge in [0.25, 0.3) is 0 Å². The van der Waals surface area contributed by atoms with Gasteiger partial charge in [0.15, 0.2) is 0 Å². The van der Waals surface area contributed by atoms with Gasteiger partial charge in [-0.15, -0.1) is 0 Å². The standard InChI is InChI=1S/C10H16O2.C10H18O2.3C8H14O2.2C7H12O2.C6H10O2.C5H8O2/c1-8(2)10(11)12-9-6-4-3-5-7-9;1-4-5-6-7-8-12-10(11)9(2)3;1-6(2)7(9)10-8(3,4)5;1-6(2)5-10-8(9)7(3)4;1-4-5-6-10-8(9)7(2)3;1-5(2)7(8)9-6(3)4;1-4-5-9-7(8)6(2)3;1-4-8-6(7)5(2)3;1-4(2)5(6)7-3/h9H,1,3-7H2,2H3;2,4-8H2,1,3H3;1H2,2-5H3;6H,3,5H2,1-2,4H3;2,4-6H2,1,3H3;6H,1H2,2-4H3;2,4-5H2,1,3H3;2,4H2,1,3H3;1H2,2-3H3. The molecule has 0 heterocycles. The first-order valence-electron chi connectivity index (χ1n) is 29.5. The lowest BCUT2D eigenvalue weighted by molar-refractivity contribution is -0.150. The summed E-state index contributed by atoms with van der Waals surface area (Å²) in [5.74, 6) is -2.29. The van der Waals surface area contributed by atoms with Gasteiger partial charge in [-0.25, -0.2) is 43.2 Å². The molecule has 0 aliphatic heterocycles. The zero-order valence-corrected chi connectivity index (χ0v) is 58.0. The van der Waals surface area contributed by atoms with E-state index in [0.29, 0.717) is 89.1 Å². The van der Waals surface area contributed by atoms with Crippen LogP contribution in [0.1, 0.15) is 216 Å². The average Bonchev–Trinajstić information content (AvgIpc) is 3.47. The van der Waals surface area contributed by atoms with Crippen LogP contribution in [0.4, 0.5) is 0 Å². The Labute approximate surface area is 526 Å². The summed E-state index contributed by atoms with van der Waals surface area (Å²) in [6, 6.07) is 0. The summed E-state index contributed by atoms with van der Waals surface area (Å²) in [5, 5.41) is 0. The molecule has 1 fully saturated rings. The third-order valence-electron chi connectivity index (χ3n) is 9.11. The van der Waals surface area contributed by atoms with Crippen molar-refractivity contribution in [3.05, 3.63) is 109 Å². The zero-order valence-electron chi connectivity index (χ0n) is 58.0. The van der Waals surface area contributed by atoms with Crippen molar-refractivity contribution in [3.63, 3.8) is 0 Å². The lowest BCUT2D eigenvalue weighted by Crippen LogP contribution is -2.23. The summed E-state index contributed by atoms with van der Waals surface area (Å²) in [6.45, 7) is 69.2. The van der Waals surface area contributed by atoms with Crippen molar-refractivity contribution in [3.8, 4) is 0 Å². The topological polar surface area (TPSA) is 237 Å². The number of ether oxygens (including phenoxy) is 9. The first-order chi connectivity index (χ1) is 40.0. The summed E-state index contributed by atoms with van der Waals surface area (Å²) in [7, 11) is 1.33. The molecule has 0 saturated heterocycles. The molecule has 0 aromatic rings. The van der Waals surface area contributed by atoms with Crippen LogP contribution in [0.2, 0.25) is 0 Å². The Morgan fingerprint density at radius 1 is 0.402 bits per heavy atom. The van der Waals surface area contributed by atoms with Gasteiger partial charge in [0.2, 0.25) is 0 Å². The molecule has 0 N–H and O–H groups in total. The molecule has 0 spiro atoms. The fourth-order valence-corrected chi connectivity index (χ4v) is 4.48. The van der Waals surface area contributed by atoms with Gasteiger partial charge in [-0.05, 0) is 155 Å². The largest absolute Gasteiger partial charge is 0.466 e. The van der Waals surface area contributed by atoms with E-state index in [2.05, 4.69) is 82.5 Å². The van der Waals surface area contributed by atoms with Gasteiger partial charge in [0.05, 0.1) is 46.2 Å². The van der Waals surface area contributed by atoms with E-state index < -0.39 is 5.60 Å². The van der Waals surface area contributed by atoms with E-state index in [1.165, 1.54) is 39.2 Å². The van der Waals surface area contributed by atoms with E-state index in [9.17, 15) is 43.2 Å². The number of carbonyl (C=O) groups excluding carboxylic acids is 9. The molecular weight excluding hydrogens is 1120 g/mol. The second kappa shape index (κ2) is 62.0. The van der Waals surface area contributed by atoms with Gasteiger partial charge < -0.3 is 42.6 Å². The van der Waals surface area contributed by atoms with Gasteiger partial charge in [0, 0.05) is 50.2 Å². The van der Waals surface area contributed by atoms with E-state index in [1.54, 1.807) is 83.1 Å². The predicted molar refractivity (Wildman–Crippen MR) is 350 cm³/mol. The van der Waals surface area contributed by atoms with Gasteiger partial charge >= 0.3 is 53.7 Å². The highest BCUT2D eigenvalue weighted by Gasteiger charge is 2.18. The van der Waals surface area contributed by atoms with Crippen molar-refractivity contribution in [2.24, 2.45) is 5.92 Å². The summed E-state index contributed by atoms with van der Waals surface area (Å²) >= 11 is 0. The van der Waals surface area contributed by atoms with E-state index in [0.717, 1.165) is 44.9 Å². The molecule has 1 aliphatic carbocycles. The Morgan fingerprint density at radius 2 is 0.747 bits per heavy atom. The second-order valence-electron chi connectivity index (χ2n) is 21.7. The van der Waals surface area contributed by atoms with Crippen molar-refractivity contribution >= 4 is 53.7 Å². The highest BCUT2D eigenvalue weighted by molar-refractivity contribution is 5.90. The Hall–Kier alpha value is -7.11. The van der Waals surface area contributed by atoms with E-state index in [1.807, 2.05) is 41.5 Å². The highest BCUT2D eigenvalue weighted by Crippen LogP contribution is 2.21. The maximum atomic E-state index is 11.1. The smallest absolute Gasteiger partial charge is 0.333 e. The normalized spacial score (nSPS) is 10.5. The van der Waals surface area contributed by atoms with E-state index >= 15 is 0 Å². The number of hydrogen-bond acceptors (Lipinski definition) is 18. The lowest BCUT2D eigenvalue weighted by atomic mass is 9.98. The minimum atomic E-state index is -0.407. The molecule has 0 bridgehead atoms. The summed E-state index contributed by atoms with van der Waals surface area (Å²) in [5.41, 5.74) is 3.73. The number of hydrogen-bond donors (Lipinski definition) is 0. The quantitative estimate of drug-likeness (QED) is 0.0378. The monoisotopic (exact) mass is 1230 g/mol. The first-order valence-corrected chi connectivity index (χ1v) is 29.5. The third-order valence-corrected chi connectivity index (χ3v) is 9.11. The number of esters is 9. The number of carbonyl (C=O) groups is 9. The average molecular weight is 1240 g/mol. The van der Waals surface area contributed by atoms with Crippen LogP contribution in [-0.4, -0.2) is 112 Å². The van der Waals surface area contributed by atoms with Crippen molar-refractivity contribution in [1.82, 2.24) is 0 Å². The molecule has 0 atom stereocenters. The second-order valence-corrected chi connectivity index (χ2v) is 21.7. The van der Waals surface area contributed by atoms with Crippen molar-refractivity contribution in [1.29, 1.82) is 0 Å². The van der Waals surface area contributed by atoms with Crippen LogP contribution in [0.3, 0.4) is 0 Å². The molecule has 87 heavy (non-hydrogen) atoms. The molecule has 0 radical (unpaired) electrons. The summed E-state index contributed by atoms with van der Waals surface area (Å²) in [6.07, 6.45) is 13.2. The number of methoxy groups -OCH3 is 1. The molecular formula is C69H118O18. The molecule has 18 heteroatoms. The number of unbranched alkanes of at least 4 members (excludes halogenated alkanes) is 4. The summed E-state index contributed by atoms with van der Waals surface area (Å²) < 4.78 is 43.0. The summed E-state index contributed by atoms with van der Waals surface area (Å²) in [4.78, 5) is 96.0. The fourth-order valence-electron chi connectivity index (χ4n) is 4.48. The third kappa shape index (κ3) is 81.0. The zero-order chi connectivity index (χ0) is 70.0. The van der Waals surface area contributed by atoms with Crippen LogP contribution >= 0.6 is 0 Å². The highest BCUT2D eigenvalue weighted by atomic mass is 16.6. The Bertz CT molecular complexity index is 2120. The molecule has 1 aliphatic rings. The molecule has 0 aromatic heterocycles. The van der Waals surface area contributed by atoms with Crippen LogP contribution in [0.15, 0.2) is 109 Å². The Kier molecular flexibility index (Phi) is 68.5. The van der Waals surface area contributed by atoms with Crippen molar-refractivity contribution < 1.29 is 85.8 Å². The molecule has 18 nitrogen and oxygen atoms in total. The van der Waals surface area contributed by atoms with Crippen molar-refractivity contribution in [2.75, 3.05) is 40.1 Å². The minimum absolute atomic E-state index is 0.0470. The van der Waals surface area contributed by atoms with E-state index in [-0.39, 0.29) is 65.9 Å². The van der Waals surface area contributed by atoms with Crippen LogP contribution < -0.4 is 0 Å². The van der Waals surface area contributed by atoms with Gasteiger partial charge in [-0.1, -0.05) is 126 Å². The molecule has 502 valence electrons. The maximum absolute atomic E-state index is 11.1. The number of rotatable bonds is 24. The SMILES string of the molecule is C=C(C)C(=O)OC.C=C(C)C(=O)OC(C)(C)C.C=C(C)C(=O)OC(C)C.C=C(C)C(=O)OC1CCCCC1.C=C(C)C(=O)OCC.C=C(C)C(=O)OCC(C)C.C=C(C)C(=O)OCCC.C=C(C)C(=O)OCCCC.C=C(C)C(=O)OCCCCCC. The van der Waals surface area contributed by atoms with Crippen LogP contribution in [-0.2, 0) is 85.8 Å². The molecule has 0 unspecified atom stereocenters. The molecule has 0 amide bonds. The maximum Gasteiger partial charge on any atom is 0.333 e. The van der Waals surface area contributed by atoms with Gasteiger partial charge in [0.1, 0.15) is 11.7 Å². The van der Waals surface area contributed by atoms with Gasteiger partial charge in [-0.2, -0.15) is 0 Å². The van der Waals surface area contributed by atoms with Crippen molar-refractivity contribution in [2.45, 2.75) is 233 Å². The Morgan fingerprint density at radius 3 is 1.00 bits per heavy atom. The Balaban J connectivity index is -0.000000135. The molecule has 1 saturated carbocycles. The van der Waals surface area contributed by atoms with Gasteiger partial charge in [-0.3, -0.25) is 0 Å². The van der Waals surface area contributed by atoms with E-state index in [4.69, 9.17) is 33.2 Å². The van der Waals surface area contributed by atoms with Crippen LogP contribution in [0.5, 0.6) is 0 Å². The van der Waals surface area contributed by atoms with Crippen LogP contribution in [0, 0.1) is 5.92 Å². The molecule has 0 aromatic carbocycles. The minimum Gasteiger partial charge on any atom is -0.466 e. The first kappa shape index (κ1) is 96.2. The fraction of sp³-hybridized carbons (Fsp3) is 0.609. The predicted octanol–water partition coefficient (Wildman–Crippen LogP) is 15.6. The lowest BCUT2D eigenvalue weighted by Gasteiger charge is -2.21. The molecule has 1 rings (SSSR count). The van der Waals surface area contributed by atoms with Crippen LogP contribution in [0.25, 0.3) is 0 Å².